The minimum absolute atomic E-state index is 0.0601. The fourth-order valence-electron chi connectivity index (χ4n) is 5.58. The largest absolute Gasteiger partial charge is 0.390 e. The van der Waals surface area contributed by atoms with Crippen molar-refractivity contribution in [3.05, 3.63) is 35.4 Å². The summed E-state index contributed by atoms with van der Waals surface area (Å²) in [4.78, 5) is 14.5. The number of ether oxygens (including phenoxy) is 1. The Morgan fingerprint density at radius 3 is 2.71 bits per heavy atom. The highest BCUT2D eigenvalue weighted by molar-refractivity contribution is 5.84. The summed E-state index contributed by atoms with van der Waals surface area (Å²) in [5.41, 5.74) is 1.60. The lowest BCUT2D eigenvalue weighted by Crippen LogP contribution is -2.46. The summed E-state index contributed by atoms with van der Waals surface area (Å²) in [6, 6.07) is 8.29. The van der Waals surface area contributed by atoms with Crippen LogP contribution in [0.2, 0.25) is 0 Å². The highest BCUT2D eigenvalue weighted by Gasteiger charge is 2.78. The third-order valence-corrected chi connectivity index (χ3v) is 6.40. The summed E-state index contributed by atoms with van der Waals surface area (Å²) in [7, 11) is 1.86. The van der Waals surface area contributed by atoms with Crippen LogP contribution in [0.5, 0.6) is 0 Å². The van der Waals surface area contributed by atoms with Gasteiger partial charge in [0.15, 0.2) is 5.72 Å². The second-order valence-electron chi connectivity index (χ2n) is 7.15. The van der Waals surface area contributed by atoms with E-state index >= 15 is 0 Å². The SMILES string of the molecule is Cc1ccc(C23OC4C(O)C5CC4C2C5C(=O)N3C)cc1. The first-order chi connectivity index (χ1) is 10.1. The van der Waals surface area contributed by atoms with Crippen LogP contribution in [0.25, 0.3) is 0 Å². The molecule has 0 radical (unpaired) electrons. The lowest BCUT2D eigenvalue weighted by atomic mass is 9.75. The van der Waals surface area contributed by atoms with Crippen molar-refractivity contribution in [1.82, 2.24) is 4.90 Å². The fourth-order valence-corrected chi connectivity index (χ4v) is 5.58. The normalized spacial score (nSPS) is 49.5. The van der Waals surface area contributed by atoms with Gasteiger partial charge in [-0.2, -0.15) is 0 Å². The fraction of sp³-hybridized carbons (Fsp3) is 0.588. The van der Waals surface area contributed by atoms with Crippen LogP contribution in [0.1, 0.15) is 17.5 Å². The highest BCUT2D eigenvalue weighted by atomic mass is 16.6. The highest BCUT2D eigenvalue weighted by Crippen LogP contribution is 2.69. The lowest BCUT2D eigenvalue weighted by molar-refractivity contribution is -0.176. The molecule has 4 aliphatic rings. The average Bonchev–Trinajstić information content (AvgIpc) is 3.12. The van der Waals surface area contributed by atoms with Gasteiger partial charge in [0.05, 0.1) is 18.1 Å². The van der Waals surface area contributed by atoms with E-state index in [0.29, 0.717) is 5.92 Å². The van der Waals surface area contributed by atoms with E-state index < -0.39 is 11.8 Å². The average molecular weight is 285 g/mol. The molecule has 1 aromatic carbocycles. The molecule has 2 saturated heterocycles. The molecule has 2 saturated carbocycles. The standard InChI is InChI=1S/C17H19NO3/c1-8-3-5-9(6-4-8)17-13-11-7-10(14(19)15(11)21-17)12(13)16(20)18(17)2/h3-6,10-15,19H,7H2,1-2H3. The van der Waals surface area contributed by atoms with Gasteiger partial charge in [-0.25, -0.2) is 0 Å². The van der Waals surface area contributed by atoms with Gasteiger partial charge in [0.1, 0.15) is 0 Å². The molecule has 7 unspecified atom stereocenters. The van der Waals surface area contributed by atoms with Crippen molar-refractivity contribution in [2.45, 2.75) is 31.3 Å². The molecule has 5 rings (SSSR count). The number of aliphatic hydroxyl groups is 1. The van der Waals surface area contributed by atoms with E-state index in [1.165, 1.54) is 5.56 Å². The molecule has 4 nitrogen and oxygen atoms in total. The molecule has 2 aliphatic carbocycles. The van der Waals surface area contributed by atoms with Crippen LogP contribution in [-0.2, 0) is 15.3 Å². The van der Waals surface area contributed by atoms with Crippen molar-refractivity contribution in [3.8, 4) is 0 Å². The third-order valence-electron chi connectivity index (χ3n) is 6.40. The van der Waals surface area contributed by atoms with Crippen molar-refractivity contribution < 1.29 is 14.6 Å². The number of aryl methyl sites for hydroxylation is 1. The number of benzene rings is 1. The van der Waals surface area contributed by atoms with Gasteiger partial charge >= 0.3 is 0 Å². The Bertz CT molecular complexity index is 642. The molecule has 4 heteroatoms. The van der Waals surface area contributed by atoms with E-state index in [0.717, 1.165) is 12.0 Å². The second kappa shape index (κ2) is 3.50. The van der Waals surface area contributed by atoms with Gasteiger partial charge in [0.2, 0.25) is 5.91 Å². The Morgan fingerprint density at radius 1 is 1.29 bits per heavy atom. The predicted molar refractivity (Wildman–Crippen MR) is 75.1 cm³/mol. The van der Waals surface area contributed by atoms with Gasteiger partial charge in [0, 0.05) is 18.5 Å². The van der Waals surface area contributed by atoms with Crippen LogP contribution in [0.3, 0.4) is 0 Å². The van der Waals surface area contributed by atoms with E-state index in [4.69, 9.17) is 4.74 Å². The number of aliphatic hydroxyl groups excluding tert-OH is 1. The molecule has 0 aromatic heterocycles. The zero-order chi connectivity index (χ0) is 14.5. The molecule has 2 bridgehead atoms. The third kappa shape index (κ3) is 1.12. The van der Waals surface area contributed by atoms with Crippen LogP contribution < -0.4 is 0 Å². The maximum atomic E-state index is 12.7. The molecule has 0 spiro atoms. The lowest BCUT2D eigenvalue weighted by Gasteiger charge is -2.37. The molecule has 2 heterocycles. The van der Waals surface area contributed by atoms with Crippen molar-refractivity contribution in [2.75, 3.05) is 7.05 Å². The molecular weight excluding hydrogens is 266 g/mol. The van der Waals surface area contributed by atoms with Crippen molar-refractivity contribution >= 4 is 5.91 Å². The summed E-state index contributed by atoms with van der Waals surface area (Å²) in [6.45, 7) is 2.06. The van der Waals surface area contributed by atoms with Gasteiger partial charge < -0.3 is 14.7 Å². The number of nitrogens with zero attached hydrogens (tertiary/aromatic N) is 1. The van der Waals surface area contributed by atoms with Crippen LogP contribution in [0.15, 0.2) is 24.3 Å². The molecule has 2 aliphatic heterocycles. The van der Waals surface area contributed by atoms with E-state index in [-0.39, 0.29) is 29.8 Å². The minimum atomic E-state index is -0.656. The Hall–Kier alpha value is -1.39. The monoisotopic (exact) mass is 285 g/mol. The number of likely N-dealkylation sites (tertiary alicyclic amines) is 1. The van der Waals surface area contributed by atoms with E-state index in [1.54, 1.807) is 4.90 Å². The zero-order valence-corrected chi connectivity index (χ0v) is 12.2. The van der Waals surface area contributed by atoms with E-state index in [1.807, 2.05) is 7.05 Å². The maximum Gasteiger partial charge on any atom is 0.228 e. The van der Waals surface area contributed by atoms with Gasteiger partial charge in [-0.15, -0.1) is 0 Å². The second-order valence-corrected chi connectivity index (χ2v) is 7.15. The van der Waals surface area contributed by atoms with Gasteiger partial charge in [-0.05, 0) is 25.2 Å². The molecule has 4 fully saturated rings. The van der Waals surface area contributed by atoms with Gasteiger partial charge in [-0.1, -0.05) is 29.8 Å². The first-order valence-corrected chi connectivity index (χ1v) is 7.76. The number of carbonyl (C=O) groups is 1. The Morgan fingerprint density at radius 2 is 2.00 bits per heavy atom. The van der Waals surface area contributed by atoms with Crippen LogP contribution >= 0.6 is 0 Å². The molecular formula is C17H19NO3. The summed E-state index contributed by atoms with van der Waals surface area (Å²) in [5, 5.41) is 10.4. The molecule has 1 N–H and O–H groups in total. The summed E-state index contributed by atoms with van der Waals surface area (Å²) in [5.74, 6) is 0.705. The zero-order valence-electron chi connectivity index (χ0n) is 12.2. The summed E-state index contributed by atoms with van der Waals surface area (Å²) >= 11 is 0. The Kier molecular flexibility index (Phi) is 2.03. The number of fused-ring (bicyclic) bond motifs is 2. The number of hydrogen-bond donors (Lipinski definition) is 1. The molecule has 7 atom stereocenters. The number of carbonyl (C=O) groups excluding carboxylic acids is 1. The first kappa shape index (κ1) is 12.2. The van der Waals surface area contributed by atoms with Crippen molar-refractivity contribution in [2.24, 2.45) is 23.7 Å². The van der Waals surface area contributed by atoms with Crippen LogP contribution in [0.4, 0.5) is 0 Å². The number of rotatable bonds is 1. The number of amides is 1. The topological polar surface area (TPSA) is 49.8 Å². The Labute approximate surface area is 123 Å². The maximum absolute atomic E-state index is 12.7. The Balaban J connectivity index is 1.72. The smallest absolute Gasteiger partial charge is 0.228 e. The van der Waals surface area contributed by atoms with E-state index in [2.05, 4.69) is 31.2 Å². The molecule has 21 heavy (non-hydrogen) atoms. The molecule has 1 amide bonds. The van der Waals surface area contributed by atoms with Gasteiger partial charge in [-0.3, -0.25) is 4.79 Å². The van der Waals surface area contributed by atoms with Crippen LogP contribution in [-0.4, -0.2) is 35.2 Å². The predicted octanol–water partition coefficient (Wildman–Crippen LogP) is 1.26. The van der Waals surface area contributed by atoms with Gasteiger partial charge in [0.25, 0.3) is 0 Å². The quantitative estimate of drug-likeness (QED) is 0.845. The van der Waals surface area contributed by atoms with Crippen molar-refractivity contribution in [1.29, 1.82) is 0 Å². The molecule has 1 aromatic rings. The van der Waals surface area contributed by atoms with Crippen LogP contribution in [0, 0.1) is 30.6 Å². The first-order valence-electron chi connectivity index (χ1n) is 7.76. The number of hydrogen-bond acceptors (Lipinski definition) is 3. The molecule has 110 valence electrons. The van der Waals surface area contributed by atoms with Crippen molar-refractivity contribution in [3.63, 3.8) is 0 Å². The van der Waals surface area contributed by atoms with E-state index in [9.17, 15) is 9.90 Å². The summed E-state index contributed by atoms with van der Waals surface area (Å²) in [6.07, 6.45) is 0.364. The minimum Gasteiger partial charge on any atom is -0.390 e. The summed E-state index contributed by atoms with van der Waals surface area (Å²) < 4.78 is 6.39.